The smallest absolute Gasteiger partial charge is 0.295 e. The van der Waals surface area contributed by atoms with Gasteiger partial charge in [0.25, 0.3) is 11.7 Å². The van der Waals surface area contributed by atoms with E-state index < -0.39 is 17.7 Å². The summed E-state index contributed by atoms with van der Waals surface area (Å²) in [6.07, 6.45) is 0.744. The van der Waals surface area contributed by atoms with Gasteiger partial charge in [0.2, 0.25) is 0 Å². The van der Waals surface area contributed by atoms with Gasteiger partial charge < -0.3 is 19.6 Å². The molecule has 1 heterocycles. The molecule has 1 aliphatic rings. The number of hydrogen-bond acceptors (Lipinski definition) is 5. The first-order valence-electron chi connectivity index (χ1n) is 10.6. The van der Waals surface area contributed by atoms with Gasteiger partial charge in [0.05, 0.1) is 17.7 Å². The molecule has 1 saturated heterocycles. The molecule has 0 saturated carbocycles. The number of aliphatic hydroxyl groups is 1. The van der Waals surface area contributed by atoms with Crippen LogP contribution in [0.4, 0.5) is 0 Å². The first-order chi connectivity index (χ1) is 15.2. The average molecular weight is 501 g/mol. The van der Waals surface area contributed by atoms with Crippen LogP contribution in [0.25, 0.3) is 5.76 Å². The number of nitrogens with zero attached hydrogens (tertiary/aromatic N) is 2. The Balaban J connectivity index is 2.03. The second-order valence-corrected chi connectivity index (χ2v) is 9.31. The van der Waals surface area contributed by atoms with Crippen molar-refractivity contribution in [1.29, 1.82) is 0 Å². The number of likely N-dealkylation sites (tertiary alicyclic amines) is 1. The maximum absolute atomic E-state index is 13.0. The van der Waals surface area contributed by atoms with Crippen LogP contribution in [0.15, 0.2) is 58.6 Å². The Morgan fingerprint density at radius 3 is 2.28 bits per heavy atom. The zero-order chi connectivity index (χ0) is 23.4. The summed E-state index contributed by atoms with van der Waals surface area (Å²) < 4.78 is 6.55. The Hall–Kier alpha value is -2.64. The zero-order valence-corrected chi connectivity index (χ0v) is 20.4. The van der Waals surface area contributed by atoms with Crippen molar-refractivity contribution in [2.75, 3.05) is 27.2 Å². The van der Waals surface area contributed by atoms with Crippen LogP contribution < -0.4 is 4.74 Å². The van der Waals surface area contributed by atoms with Crippen LogP contribution in [0, 0.1) is 0 Å². The molecular formula is C25H29BrN2O4. The van der Waals surface area contributed by atoms with E-state index in [2.05, 4.69) is 15.9 Å². The number of hydrogen-bond donors (Lipinski definition) is 1. The van der Waals surface area contributed by atoms with E-state index in [1.165, 1.54) is 0 Å². The van der Waals surface area contributed by atoms with Gasteiger partial charge in [-0.25, -0.2) is 0 Å². The molecule has 0 aromatic heterocycles. The number of halogens is 1. The normalized spacial score (nSPS) is 18.1. The Labute approximate surface area is 197 Å². The highest BCUT2D eigenvalue weighted by atomic mass is 79.9. The summed E-state index contributed by atoms with van der Waals surface area (Å²) in [6, 6.07) is 13.7. The van der Waals surface area contributed by atoms with Crippen LogP contribution in [-0.4, -0.2) is 59.9 Å². The van der Waals surface area contributed by atoms with Gasteiger partial charge in [-0.3, -0.25) is 9.59 Å². The minimum atomic E-state index is -0.664. The van der Waals surface area contributed by atoms with E-state index in [1.807, 2.05) is 57.1 Å². The fourth-order valence-electron chi connectivity index (χ4n) is 3.78. The van der Waals surface area contributed by atoms with Crippen LogP contribution >= 0.6 is 15.9 Å². The van der Waals surface area contributed by atoms with Gasteiger partial charge in [0.15, 0.2) is 0 Å². The summed E-state index contributed by atoms with van der Waals surface area (Å²) in [5, 5.41) is 11.1. The minimum Gasteiger partial charge on any atom is -0.507 e. The van der Waals surface area contributed by atoms with Crippen molar-refractivity contribution >= 4 is 33.4 Å². The maximum Gasteiger partial charge on any atom is 0.295 e. The van der Waals surface area contributed by atoms with E-state index in [0.29, 0.717) is 24.3 Å². The molecule has 2 aromatic rings. The van der Waals surface area contributed by atoms with Crippen molar-refractivity contribution in [3.8, 4) is 5.75 Å². The van der Waals surface area contributed by atoms with Crippen molar-refractivity contribution in [3.63, 3.8) is 0 Å². The Bertz CT molecular complexity index is 998. The minimum absolute atomic E-state index is 0.0272. The van der Waals surface area contributed by atoms with Gasteiger partial charge in [-0.1, -0.05) is 28.1 Å². The van der Waals surface area contributed by atoms with Crippen molar-refractivity contribution in [1.82, 2.24) is 9.80 Å². The van der Waals surface area contributed by atoms with E-state index >= 15 is 0 Å². The fourth-order valence-corrected chi connectivity index (χ4v) is 4.04. The number of ketones is 1. The highest BCUT2D eigenvalue weighted by molar-refractivity contribution is 9.10. The van der Waals surface area contributed by atoms with Crippen LogP contribution in [0.3, 0.4) is 0 Å². The number of amides is 1. The van der Waals surface area contributed by atoms with E-state index in [0.717, 1.165) is 16.6 Å². The first kappa shape index (κ1) is 24.0. The number of carbonyl (C=O) groups is 2. The predicted molar refractivity (Wildman–Crippen MR) is 129 cm³/mol. The molecule has 1 fully saturated rings. The van der Waals surface area contributed by atoms with E-state index in [-0.39, 0.29) is 17.4 Å². The second-order valence-electron chi connectivity index (χ2n) is 8.39. The third kappa shape index (κ3) is 5.40. The molecule has 1 amide bonds. The highest BCUT2D eigenvalue weighted by Crippen LogP contribution is 2.40. The number of benzene rings is 2. The van der Waals surface area contributed by atoms with Gasteiger partial charge in [-0.2, -0.15) is 0 Å². The van der Waals surface area contributed by atoms with Crippen molar-refractivity contribution in [2.45, 2.75) is 32.4 Å². The molecular weight excluding hydrogens is 472 g/mol. The summed E-state index contributed by atoms with van der Waals surface area (Å²) in [4.78, 5) is 29.6. The summed E-state index contributed by atoms with van der Waals surface area (Å²) in [5.74, 6) is -0.756. The van der Waals surface area contributed by atoms with Crippen LogP contribution in [0.2, 0.25) is 0 Å². The quantitative estimate of drug-likeness (QED) is 0.325. The van der Waals surface area contributed by atoms with Gasteiger partial charge in [-0.15, -0.1) is 0 Å². The van der Waals surface area contributed by atoms with Gasteiger partial charge in [-0.05, 0) is 82.9 Å². The molecule has 0 aliphatic carbocycles. The molecule has 0 bridgehead atoms. The van der Waals surface area contributed by atoms with E-state index in [1.54, 1.807) is 29.2 Å². The first-order valence-corrected chi connectivity index (χ1v) is 11.4. The third-order valence-electron chi connectivity index (χ3n) is 5.23. The second kappa shape index (κ2) is 10.3. The Kier molecular flexibility index (Phi) is 7.74. The molecule has 2 aromatic carbocycles. The van der Waals surface area contributed by atoms with Crippen molar-refractivity contribution < 1.29 is 19.4 Å². The molecule has 32 heavy (non-hydrogen) atoms. The molecule has 0 spiro atoms. The molecule has 170 valence electrons. The molecule has 3 rings (SSSR count). The summed E-state index contributed by atoms with van der Waals surface area (Å²) in [6.45, 7) is 5.07. The SMILES string of the molecule is CC(C)Oc1ccc(C(O)=C2C(=O)C(=O)N(CCCN(C)C)[C@@H]2c2ccc(Br)cc2)cc1. The van der Waals surface area contributed by atoms with Crippen LogP contribution in [0.1, 0.15) is 37.4 Å². The molecule has 6 nitrogen and oxygen atoms in total. The van der Waals surface area contributed by atoms with Crippen molar-refractivity contribution in [2.24, 2.45) is 0 Å². The van der Waals surface area contributed by atoms with Gasteiger partial charge in [0.1, 0.15) is 11.5 Å². The van der Waals surface area contributed by atoms with E-state index in [9.17, 15) is 14.7 Å². The number of carbonyl (C=O) groups excluding carboxylic acids is 2. The monoisotopic (exact) mass is 500 g/mol. The molecule has 1 atom stereocenters. The van der Waals surface area contributed by atoms with E-state index in [4.69, 9.17) is 4.74 Å². The number of rotatable bonds is 8. The van der Waals surface area contributed by atoms with Crippen LogP contribution in [-0.2, 0) is 9.59 Å². The molecule has 1 aliphatic heterocycles. The highest BCUT2D eigenvalue weighted by Gasteiger charge is 2.45. The lowest BCUT2D eigenvalue weighted by molar-refractivity contribution is -0.139. The number of ether oxygens (including phenoxy) is 1. The third-order valence-corrected chi connectivity index (χ3v) is 5.76. The Morgan fingerprint density at radius 1 is 1.09 bits per heavy atom. The summed E-state index contributed by atoms with van der Waals surface area (Å²) in [5.41, 5.74) is 1.35. The lowest BCUT2D eigenvalue weighted by Crippen LogP contribution is -2.32. The molecule has 0 radical (unpaired) electrons. The Morgan fingerprint density at radius 2 is 1.72 bits per heavy atom. The largest absolute Gasteiger partial charge is 0.507 e. The number of Topliss-reactive ketones (excluding diaryl/α,β-unsaturated/α-hetero) is 1. The van der Waals surface area contributed by atoms with Crippen LogP contribution in [0.5, 0.6) is 5.75 Å². The molecule has 7 heteroatoms. The van der Waals surface area contributed by atoms with Gasteiger partial charge >= 0.3 is 0 Å². The fraction of sp³-hybridized carbons (Fsp3) is 0.360. The summed E-state index contributed by atoms with van der Waals surface area (Å²) in [7, 11) is 3.93. The standard InChI is InChI=1S/C25H29BrN2O4/c1-16(2)32-20-12-8-18(9-13-20)23(29)21-22(17-6-10-19(26)11-7-17)28(25(31)24(21)30)15-5-14-27(3)4/h6-13,16,22,29H,5,14-15H2,1-4H3/t22-/m1/s1. The predicted octanol–water partition coefficient (Wildman–Crippen LogP) is 4.61. The maximum atomic E-state index is 13.0. The molecule has 0 unspecified atom stereocenters. The zero-order valence-electron chi connectivity index (χ0n) is 18.8. The van der Waals surface area contributed by atoms with Gasteiger partial charge in [0, 0.05) is 16.6 Å². The van der Waals surface area contributed by atoms with Crippen molar-refractivity contribution in [3.05, 3.63) is 69.7 Å². The molecule has 1 N–H and O–H groups in total. The summed E-state index contributed by atoms with van der Waals surface area (Å²) >= 11 is 3.43. The topological polar surface area (TPSA) is 70.1 Å². The lowest BCUT2D eigenvalue weighted by atomic mass is 9.95. The number of aliphatic hydroxyl groups excluding tert-OH is 1. The lowest BCUT2D eigenvalue weighted by Gasteiger charge is -2.26. The average Bonchev–Trinajstić information content (AvgIpc) is 2.99.